The largest absolute Gasteiger partial charge is 0.469 e. The third kappa shape index (κ3) is 5.17. The van der Waals surface area contributed by atoms with Crippen molar-refractivity contribution in [2.24, 2.45) is 5.73 Å². The minimum absolute atomic E-state index is 0.00821. The second kappa shape index (κ2) is 9.36. The molecule has 0 bridgehead atoms. The average Bonchev–Trinajstić information content (AvgIpc) is 2.66. The van der Waals surface area contributed by atoms with Crippen molar-refractivity contribution in [2.45, 2.75) is 24.8 Å². The molecule has 1 atom stereocenters. The fraction of sp³-hybridized carbons (Fsp3) is 0.250. The van der Waals surface area contributed by atoms with Crippen LogP contribution in [0, 0.1) is 0 Å². The van der Waals surface area contributed by atoms with Crippen LogP contribution in [-0.2, 0) is 19.1 Å². The van der Waals surface area contributed by atoms with E-state index < -0.39 is 23.8 Å². The first-order valence-corrected chi connectivity index (χ1v) is 8.29. The summed E-state index contributed by atoms with van der Waals surface area (Å²) in [5, 5.41) is 2.67. The van der Waals surface area contributed by atoms with Gasteiger partial charge in [-0.1, -0.05) is 60.7 Å². The van der Waals surface area contributed by atoms with Gasteiger partial charge in [0.05, 0.1) is 13.0 Å². The van der Waals surface area contributed by atoms with Crippen LogP contribution in [0.5, 0.6) is 0 Å². The highest BCUT2D eigenvalue weighted by atomic mass is 16.5. The molecule has 0 saturated heterocycles. The maximum Gasteiger partial charge on any atom is 0.305 e. The maximum atomic E-state index is 12.9. The van der Waals surface area contributed by atoms with E-state index in [1.807, 2.05) is 60.7 Å². The molecule has 0 spiro atoms. The molecule has 26 heavy (non-hydrogen) atoms. The van der Waals surface area contributed by atoms with Gasteiger partial charge in [0.1, 0.15) is 6.04 Å². The van der Waals surface area contributed by atoms with Gasteiger partial charge < -0.3 is 15.8 Å². The standard InChI is InChI=1S/C20H22N2O4/c1-26-17(23)13-12-16(19(21)24)22-20(25)18(14-8-4-2-5-9-14)15-10-6-3-7-11-15/h2-11,16,18H,12-13H2,1H3,(H2,21,24)(H,22,25)/t16-/m1/s1. The Balaban J connectivity index is 2.23. The summed E-state index contributed by atoms with van der Waals surface area (Å²) >= 11 is 0. The van der Waals surface area contributed by atoms with Gasteiger partial charge in [0.15, 0.2) is 0 Å². The van der Waals surface area contributed by atoms with E-state index in [-0.39, 0.29) is 18.7 Å². The Hall–Kier alpha value is -3.15. The topological polar surface area (TPSA) is 98.5 Å². The molecule has 6 heteroatoms. The van der Waals surface area contributed by atoms with Crippen molar-refractivity contribution >= 4 is 17.8 Å². The van der Waals surface area contributed by atoms with Gasteiger partial charge >= 0.3 is 5.97 Å². The van der Waals surface area contributed by atoms with Crippen molar-refractivity contribution in [3.63, 3.8) is 0 Å². The Bertz CT molecular complexity index is 707. The number of esters is 1. The van der Waals surface area contributed by atoms with Crippen LogP contribution < -0.4 is 11.1 Å². The predicted molar refractivity (Wildman–Crippen MR) is 97.1 cm³/mol. The fourth-order valence-corrected chi connectivity index (χ4v) is 2.69. The molecule has 0 aromatic heterocycles. The number of methoxy groups -OCH3 is 1. The summed E-state index contributed by atoms with van der Waals surface area (Å²) in [5.41, 5.74) is 6.98. The van der Waals surface area contributed by atoms with Crippen LogP contribution in [0.1, 0.15) is 29.9 Å². The quantitative estimate of drug-likeness (QED) is 0.706. The normalized spacial score (nSPS) is 11.6. The zero-order valence-electron chi connectivity index (χ0n) is 14.6. The van der Waals surface area contributed by atoms with Crippen LogP contribution in [0.2, 0.25) is 0 Å². The molecule has 0 aliphatic carbocycles. The molecule has 0 unspecified atom stereocenters. The Morgan fingerprint density at radius 2 is 1.46 bits per heavy atom. The minimum Gasteiger partial charge on any atom is -0.469 e. The first-order valence-electron chi connectivity index (χ1n) is 8.29. The summed E-state index contributed by atoms with van der Waals surface area (Å²) in [6.45, 7) is 0. The molecule has 2 aromatic carbocycles. The van der Waals surface area contributed by atoms with Crippen molar-refractivity contribution in [2.75, 3.05) is 7.11 Å². The van der Waals surface area contributed by atoms with Crippen molar-refractivity contribution in [1.82, 2.24) is 5.32 Å². The molecule has 2 rings (SSSR count). The van der Waals surface area contributed by atoms with Gasteiger partial charge in [-0.3, -0.25) is 14.4 Å². The summed E-state index contributed by atoms with van der Waals surface area (Å²) in [4.78, 5) is 35.9. The number of nitrogens with one attached hydrogen (secondary N) is 1. The van der Waals surface area contributed by atoms with Crippen molar-refractivity contribution in [1.29, 1.82) is 0 Å². The van der Waals surface area contributed by atoms with E-state index in [9.17, 15) is 14.4 Å². The number of ether oxygens (including phenoxy) is 1. The summed E-state index contributed by atoms with van der Waals surface area (Å²) < 4.78 is 4.57. The lowest BCUT2D eigenvalue weighted by Crippen LogP contribution is -2.46. The molecule has 0 saturated carbocycles. The highest BCUT2D eigenvalue weighted by Gasteiger charge is 2.27. The Morgan fingerprint density at radius 3 is 1.88 bits per heavy atom. The third-order valence-electron chi connectivity index (χ3n) is 4.05. The smallest absolute Gasteiger partial charge is 0.305 e. The van der Waals surface area contributed by atoms with Gasteiger partial charge in [0, 0.05) is 6.42 Å². The monoisotopic (exact) mass is 354 g/mol. The van der Waals surface area contributed by atoms with Crippen LogP contribution >= 0.6 is 0 Å². The number of carbonyl (C=O) groups excluding carboxylic acids is 3. The zero-order chi connectivity index (χ0) is 18.9. The lowest BCUT2D eigenvalue weighted by Gasteiger charge is -2.21. The van der Waals surface area contributed by atoms with Crippen molar-refractivity contribution in [3.05, 3.63) is 71.8 Å². The van der Waals surface area contributed by atoms with Gasteiger partial charge in [-0.2, -0.15) is 0 Å². The summed E-state index contributed by atoms with van der Waals surface area (Å²) in [5.74, 6) is -2.09. The zero-order valence-corrected chi connectivity index (χ0v) is 14.6. The second-order valence-corrected chi connectivity index (χ2v) is 5.83. The number of hydrogen-bond donors (Lipinski definition) is 2. The van der Waals surface area contributed by atoms with Crippen LogP contribution in [-0.4, -0.2) is 30.9 Å². The molecule has 2 aromatic rings. The van der Waals surface area contributed by atoms with Gasteiger partial charge in [-0.25, -0.2) is 0 Å². The van der Waals surface area contributed by atoms with E-state index in [0.717, 1.165) is 11.1 Å². The van der Waals surface area contributed by atoms with Crippen molar-refractivity contribution in [3.8, 4) is 0 Å². The number of rotatable bonds is 8. The summed E-state index contributed by atoms with van der Waals surface area (Å²) in [7, 11) is 1.26. The number of benzene rings is 2. The summed E-state index contributed by atoms with van der Waals surface area (Å²) in [6, 6.07) is 17.6. The number of hydrogen-bond acceptors (Lipinski definition) is 4. The molecule has 0 aliphatic rings. The van der Waals surface area contributed by atoms with Gasteiger partial charge in [-0.05, 0) is 17.5 Å². The van der Waals surface area contributed by atoms with E-state index in [0.29, 0.717) is 0 Å². The van der Waals surface area contributed by atoms with Gasteiger partial charge in [0.25, 0.3) is 0 Å². The van der Waals surface area contributed by atoms with E-state index in [4.69, 9.17) is 5.73 Å². The lowest BCUT2D eigenvalue weighted by atomic mass is 9.90. The van der Waals surface area contributed by atoms with E-state index >= 15 is 0 Å². The van der Waals surface area contributed by atoms with Gasteiger partial charge in [0.2, 0.25) is 11.8 Å². The molecule has 0 heterocycles. The Labute approximate surface area is 152 Å². The maximum absolute atomic E-state index is 12.9. The number of nitrogens with two attached hydrogens (primary N) is 1. The van der Waals surface area contributed by atoms with Gasteiger partial charge in [-0.15, -0.1) is 0 Å². The first-order chi connectivity index (χ1) is 12.5. The Kier molecular flexibility index (Phi) is 6.91. The fourth-order valence-electron chi connectivity index (χ4n) is 2.69. The predicted octanol–water partition coefficient (Wildman–Crippen LogP) is 1.74. The molecule has 0 aliphatic heterocycles. The number of carbonyl (C=O) groups is 3. The van der Waals surface area contributed by atoms with Crippen molar-refractivity contribution < 1.29 is 19.1 Å². The van der Waals surface area contributed by atoms with E-state index in [2.05, 4.69) is 10.1 Å². The molecule has 6 nitrogen and oxygen atoms in total. The average molecular weight is 354 g/mol. The molecular weight excluding hydrogens is 332 g/mol. The SMILES string of the molecule is COC(=O)CC[C@@H](NC(=O)C(c1ccccc1)c1ccccc1)C(N)=O. The van der Waals surface area contributed by atoms with Crippen LogP contribution in [0.4, 0.5) is 0 Å². The van der Waals surface area contributed by atoms with Crippen LogP contribution in [0.15, 0.2) is 60.7 Å². The molecule has 2 amide bonds. The molecule has 0 radical (unpaired) electrons. The van der Waals surface area contributed by atoms with Crippen LogP contribution in [0.25, 0.3) is 0 Å². The number of primary amides is 1. The summed E-state index contributed by atoms with van der Waals surface area (Å²) in [6.07, 6.45) is 0.0791. The first kappa shape index (κ1) is 19.2. The molecular formula is C20H22N2O4. The van der Waals surface area contributed by atoms with Crippen LogP contribution in [0.3, 0.4) is 0 Å². The third-order valence-corrected chi connectivity index (χ3v) is 4.05. The second-order valence-electron chi connectivity index (χ2n) is 5.83. The molecule has 136 valence electrons. The highest BCUT2D eigenvalue weighted by molar-refractivity contribution is 5.92. The Morgan fingerprint density at radius 1 is 0.962 bits per heavy atom. The number of amides is 2. The van der Waals surface area contributed by atoms with E-state index in [1.54, 1.807) is 0 Å². The highest BCUT2D eigenvalue weighted by Crippen LogP contribution is 2.25. The molecule has 3 N–H and O–H groups in total. The minimum atomic E-state index is -0.948. The lowest BCUT2D eigenvalue weighted by molar-refractivity contribution is -0.141. The van der Waals surface area contributed by atoms with E-state index in [1.165, 1.54) is 7.11 Å². The molecule has 0 fully saturated rings.